The van der Waals surface area contributed by atoms with Gasteiger partial charge in [0.05, 0.1) is 39.9 Å². The van der Waals surface area contributed by atoms with Crippen molar-refractivity contribution in [3.05, 3.63) is 24.3 Å². The largest absolute Gasteiger partial charge is 0.756 e. The van der Waals surface area contributed by atoms with Gasteiger partial charge in [-0.15, -0.1) is 0 Å². The molecule has 0 bridgehead atoms. The molecule has 8 nitrogen and oxygen atoms in total. The number of allylic oxidation sites excluding steroid dienone is 3. The molecular weight excluding hydrogens is 623 g/mol. The summed E-state index contributed by atoms with van der Waals surface area (Å²) in [5.41, 5.74) is 0. The van der Waals surface area contributed by atoms with E-state index in [1.165, 1.54) is 96.3 Å². The fourth-order valence-corrected chi connectivity index (χ4v) is 6.16. The lowest BCUT2D eigenvalue weighted by molar-refractivity contribution is -0.870. The lowest BCUT2D eigenvalue weighted by Gasteiger charge is -2.29. The molecule has 0 heterocycles. The Kier molecular flexibility index (Phi) is 31.2. The molecule has 0 aromatic carbocycles. The molecule has 3 unspecified atom stereocenters. The third kappa shape index (κ3) is 33.5. The summed E-state index contributed by atoms with van der Waals surface area (Å²) in [6.45, 7) is 4.60. The Morgan fingerprint density at radius 3 is 1.62 bits per heavy atom. The highest BCUT2D eigenvalue weighted by molar-refractivity contribution is 7.45. The van der Waals surface area contributed by atoms with E-state index in [1.807, 2.05) is 27.2 Å². The lowest BCUT2D eigenvalue weighted by atomic mass is 10.1. The molecule has 48 heavy (non-hydrogen) atoms. The predicted octanol–water partition coefficient (Wildman–Crippen LogP) is 9.55. The Labute approximate surface area is 296 Å². The summed E-state index contributed by atoms with van der Waals surface area (Å²) in [5.74, 6) is -0.209. The Bertz CT molecular complexity index is 845. The highest BCUT2D eigenvalue weighted by Gasteiger charge is 2.23. The van der Waals surface area contributed by atoms with E-state index >= 15 is 0 Å². The van der Waals surface area contributed by atoms with Gasteiger partial charge in [-0.2, -0.15) is 0 Å². The minimum atomic E-state index is -4.58. The molecule has 284 valence electrons. The monoisotopic (exact) mass is 701 g/mol. The fourth-order valence-electron chi connectivity index (χ4n) is 5.44. The zero-order valence-electron chi connectivity index (χ0n) is 31.9. The standard InChI is InChI=1S/C39H77N2O6P/c1-6-8-10-12-14-16-18-19-20-21-23-25-27-29-31-33-39(43)40-37(36-47-48(44,45)46-35-34-41(3,4)5)38(42)32-30-28-26-24-22-17-15-13-11-9-7-2/h19-20,30,32,37-38,42H,6-18,21-29,31,33-36H2,1-5H3,(H-,40,43,44,45)/b20-19-,32-30+. The summed E-state index contributed by atoms with van der Waals surface area (Å²) in [5, 5.41) is 13.7. The van der Waals surface area contributed by atoms with Gasteiger partial charge < -0.3 is 28.8 Å². The molecule has 0 aliphatic heterocycles. The normalized spacial score (nSPS) is 14.9. The number of phosphoric ester groups is 1. The van der Waals surface area contributed by atoms with Gasteiger partial charge in [0, 0.05) is 6.42 Å². The maximum atomic E-state index is 12.8. The number of hydrogen-bond acceptors (Lipinski definition) is 6. The van der Waals surface area contributed by atoms with Crippen molar-refractivity contribution in [2.75, 3.05) is 40.9 Å². The molecule has 9 heteroatoms. The molecule has 0 aromatic heterocycles. The van der Waals surface area contributed by atoms with Gasteiger partial charge in [0.15, 0.2) is 0 Å². The van der Waals surface area contributed by atoms with Crippen LogP contribution in [-0.4, -0.2) is 68.5 Å². The van der Waals surface area contributed by atoms with Crippen molar-refractivity contribution < 1.29 is 32.9 Å². The Balaban J connectivity index is 4.51. The average Bonchev–Trinajstić information content (AvgIpc) is 3.02. The molecule has 0 rings (SSSR count). The molecule has 0 aliphatic carbocycles. The number of phosphoric acid groups is 1. The molecule has 0 aliphatic rings. The van der Waals surface area contributed by atoms with E-state index in [0.29, 0.717) is 17.4 Å². The van der Waals surface area contributed by atoms with E-state index in [2.05, 4.69) is 31.3 Å². The average molecular weight is 701 g/mol. The van der Waals surface area contributed by atoms with Crippen LogP contribution in [0.4, 0.5) is 0 Å². The Morgan fingerprint density at radius 2 is 1.15 bits per heavy atom. The number of quaternary nitrogens is 1. The maximum Gasteiger partial charge on any atom is 0.268 e. The predicted molar refractivity (Wildman–Crippen MR) is 201 cm³/mol. The summed E-state index contributed by atoms with van der Waals surface area (Å²) in [6.07, 6.45) is 35.0. The van der Waals surface area contributed by atoms with Gasteiger partial charge in [-0.3, -0.25) is 9.36 Å². The van der Waals surface area contributed by atoms with Gasteiger partial charge >= 0.3 is 0 Å². The number of aliphatic hydroxyl groups excluding tert-OH is 1. The lowest BCUT2D eigenvalue weighted by Crippen LogP contribution is -2.45. The van der Waals surface area contributed by atoms with Gasteiger partial charge in [0.2, 0.25) is 5.91 Å². The van der Waals surface area contributed by atoms with Crippen LogP contribution in [0.1, 0.15) is 168 Å². The number of amides is 1. The van der Waals surface area contributed by atoms with Crippen LogP contribution >= 0.6 is 7.82 Å². The number of unbranched alkanes of at least 4 members (excludes halogenated alkanes) is 20. The summed E-state index contributed by atoms with van der Waals surface area (Å²) in [7, 11) is 1.25. The third-order valence-corrected chi connectivity index (χ3v) is 9.62. The van der Waals surface area contributed by atoms with Crippen LogP contribution < -0.4 is 10.2 Å². The number of nitrogens with zero attached hydrogens (tertiary/aromatic N) is 1. The number of hydrogen-bond donors (Lipinski definition) is 2. The number of likely N-dealkylation sites (N-methyl/N-ethyl adjacent to an activating group) is 1. The Hall–Kier alpha value is -1.02. The summed E-state index contributed by atoms with van der Waals surface area (Å²) in [6, 6.07) is -0.885. The number of nitrogens with one attached hydrogen (secondary N) is 1. The molecule has 0 radical (unpaired) electrons. The van der Waals surface area contributed by atoms with Crippen LogP contribution in [-0.2, 0) is 18.4 Å². The molecule has 2 N–H and O–H groups in total. The molecule has 0 saturated carbocycles. The van der Waals surface area contributed by atoms with Gasteiger partial charge in [-0.1, -0.05) is 141 Å². The van der Waals surface area contributed by atoms with E-state index in [1.54, 1.807) is 6.08 Å². The van der Waals surface area contributed by atoms with E-state index < -0.39 is 20.0 Å². The van der Waals surface area contributed by atoms with Crippen LogP contribution in [0, 0.1) is 0 Å². The second kappa shape index (κ2) is 31.9. The van der Waals surface area contributed by atoms with Crippen molar-refractivity contribution in [3.63, 3.8) is 0 Å². The van der Waals surface area contributed by atoms with Crippen molar-refractivity contribution in [1.29, 1.82) is 0 Å². The van der Waals surface area contributed by atoms with Crippen molar-refractivity contribution >= 4 is 13.7 Å². The van der Waals surface area contributed by atoms with Gasteiger partial charge in [-0.05, 0) is 44.9 Å². The first-order valence-electron chi connectivity index (χ1n) is 19.7. The topological polar surface area (TPSA) is 108 Å². The first-order chi connectivity index (χ1) is 23.0. The number of aliphatic hydroxyl groups is 1. The van der Waals surface area contributed by atoms with Gasteiger partial charge in [-0.25, -0.2) is 0 Å². The molecule has 1 amide bonds. The van der Waals surface area contributed by atoms with Crippen molar-refractivity contribution in [1.82, 2.24) is 5.32 Å². The van der Waals surface area contributed by atoms with Crippen LogP contribution in [0.5, 0.6) is 0 Å². The van der Waals surface area contributed by atoms with Crippen LogP contribution in [0.3, 0.4) is 0 Å². The second-order valence-corrected chi connectivity index (χ2v) is 16.0. The SMILES string of the molecule is CCCCCCCC/C=C\CCCCCCCC(=O)NC(COP(=O)([O-])OCC[N+](C)(C)C)C(O)/C=C/CCCCCCCCCCC. The van der Waals surface area contributed by atoms with E-state index in [0.717, 1.165) is 51.4 Å². The van der Waals surface area contributed by atoms with E-state index in [-0.39, 0.29) is 19.1 Å². The molecule has 3 atom stereocenters. The fraction of sp³-hybridized carbons (Fsp3) is 0.872. The molecule has 0 aromatic rings. The molecular formula is C39H77N2O6P. The number of carbonyl (C=O) groups excluding carboxylic acids is 1. The molecule has 0 saturated heterocycles. The molecule has 0 fully saturated rings. The molecule has 0 spiro atoms. The van der Waals surface area contributed by atoms with Crippen molar-refractivity contribution in [2.45, 2.75) is 180 Å². The van der Waals surface area contributed by atoms with E-state index in [4.69, 9.17) is 9.05 Å². The van der Waals surface area contributed by atoms with Crippen LogP contribution in [0.2, 0.25) is 0 Å². The summed E-state index contributed by atoms with van der Waals surface area (Å²) < 4.78 is 23.1. The Morgan fingerprint density at radius 1 is 0.708 bits per heavy atom. The second-order valence-electron chi connectivity index (χ2n) is 14.6. The van der Waals surface area contributed by atoms with Crippen molar-refractivity contribution in [3.8, 4) is 0 Å². The highest BCUT2D eigenvalue weighted by atomic mass is 31.2. The van der Waals surface area contributed by atoms with Crippen molar-refractivity contribution in [2.24, 2.45) is 0 Å². The summed E-state index contributed by atoms with van der Waals surface area (Å²) >= 11 is 0. The first kappa shape index (κ1) is 47.0. The number of rotatable bonds is 35. The van der Waals surface area contributed by atoms with Gasteiger partial charge in [0.1, 0.15) is 13.2 Å². The van der Waals surface area contributed by atoms with Crippen LogP contribution in [0.15, 0.2) is 24.3 Å². The minimum Gasteiger partial charge on any atom is -0.756 e. The van der Waals surface area contributed by atoms with E-state index in [9.17, 15) is 19.4 Å². The number of carbonyl (C=O) groups is 1. The first-order valence-corrected chi connectivity index (χ1v) is 21.2. The minimum absolute atomic E-state index is 0.00200. The van der Waals surface area contributed by atoms with Gasteiger partial charge in [0.25, 0.3) is 7.82 Å². The smallest absolute Gasteiger partial charge is 0.268 e. The maximum absolute atomic E-state index is 12.8. The zero-order chi connectivity index (χ0) is 35.8. The third-order valence-electron chi connectivity index (χ3n) is 8.66. The summed E-state index contributed by atoms with van der Waals surface area (Å²) in [4.78, 5) is 25.1. The quantitative estimate of drug-likeness (QED) is 0.0295. The zero-order valence-corrected chi connectivity index (χ0v) is 32.8. The highest BCUT2D eigenvalue weighted by Crippen LogP contribution is 2.38. The van der Waals surface area contributed by atoms with Crippen LogP contribution in [0.25, 0.3) is 0 Å².